The third kappa shape index (κ3) is 2.89. The summed E-state index contributed by atoms with van der Waals surface area (Å²) in [7, 11) is 0. The van der Waals surface area contributed by atoms with Gasteiger partial charge in [0.2, 0.25) is 5.91 Å². The Bertz CT molecular complexity index is 930. The van der Waals surface area contributed by atoms with E-state index >= 15 is 0 Å². The maximum absolute atomic E-state index is 12.7. The number of likely N-dealkylation sites (tertiary alicyclic amines) is 1. The normalized spacial score (nSPS) is 18.5. The van der Waals surface area contributed by atoms with E-state index in [4.69, 9.17) is 0 Å². The predicted octanol–water partition coefficient (Wildman–Crippen LogP) is 3.11. The highest BCUT2D eigenvalue weighted by Gasteiger charge is 2.30. The fourth-order valence-electron chi connectivity index (χ4n) is 3.95. The number of benzene rings is 1. The molecule has 5 rings (SSSR count). The zero-order chi connectivity index (χ0) is 17.5. The van der Waals surface area contributed by atoms with Gasteiger partial charge in [-0.3, -0.25) is 9.89 Å². The molecular formula is C20H23N5O. The fraction of sp³-hybridized carbons (Fsp3) is 0.450. The fourth-order valence-corrected chi connectivity index (χ4v) is 3.95. The van der Waals surface area contributed by atoms with Crippen molar-refractivity contribution in [2.75, 3.05) is 13.1 Å². The van der Waals surface area contributed by atoms with E-state index < -0.39 is 0 Å². The Morgan fingerprint density at radius 1 is 1.12 bits per heavy atom. The van der Waals surface area contributed by atoms with Crippen LogP contribution in [0.4, 0.5) is 0 Å². The van der Waals surface area contributed by atoms with Crippen LogP contribution in [-0.4, -0.2) is 44.1 Å². The summed E-state index contributed by atoms with van der Waals surface area (Å²) < 4.78 is 0. The van der Waals surface area contributed by atoms with Gasteiger partial charge < -0.3 is 9.88 Å². The van der Waals surface area contributed by atoms with Crippen LogP contribution in [0, 0.1) is 0 Å². The second kappa shape index (κ2) is 6.27. The molecule has 6 heteroatoms. The number of rotatable bonds is 4. The first kappa shape index (κ1) is 15.6. The average molecular weight is 349 g/mol. The smallest absolute Gasteiger partial charge is 0.227 e. The molecule has 0 unspecified atom stereocenters. The lowest BCUT2D eigenvalue weighted by Gasteiger charge is -2.31. The number of hydrogen-bond acceptors (Lipinski definition) is 3. The Hall–Kier alpha value is -2.63. The number of carbonyl (C=O) groups is 1. The Kier molecular flexibility index (Phi) is 3.76. The molecule has 0 radical (unpaired) electrons. The van der Waals surface area contributed by atoms with Gasteiger partial charge in [-0.1, -0.05) is 18.2 Å². The first-order chi connectivity index (χ1) is 12.8. The Morgan fingerprint density at radius 3 is 2.73 bits per heavy atom. The van der Waals surface area contributed by atoms with E-state index in [0.29, 0.717) is 18.3 Å². The highest BCUT2D eigenvalue weighted by Crippen LogP contribution is 2.38. The molecule has 1 aliphatic heterocycles. The Labute approximate surface area is 152 Å². The number of H-pyrrole nitrogens is 2. The van der Waals surface area contributed by atoms with E-state index in [1.54, 1.807) is 0 Å². The number of para-hydroxylation sites is 1. The number of piperidine rings is 1. The van der Waals surface area contributed by atoms with Gasteiger partial charge in [-0.2, -0.15) is 5.10 Å². The number of nitrogens with one attached hydrogen (secondary N) is 2. The molecule has 1 saturated carbocycles. The largest absolute Gasteiger partial charge is 0.361 e. The van der Waals surface area contributed by atoms with Crippen LogP contribution in [0.3, 0.4) is 0 Å². The zero-order valence-electron chi connectivity index (χ0n) is 14.7. The van der Waals surface area contributed by atoms with Crippen LogP contribution in [0.15, 0.2) is 30.5 Å². The number of hydrogen-bond donors (Lipinski definition) is 2. The van der Waals surface area contributed by atoms with Gasteiger partial charge in [-0.15, -0.1) is 0 Å². The summed E-state index contributed by atoms with van der Waals surface area (Å²) in [5.74, 6) is 3.18. The van der Waals surface area contributed by atoms with E-state index in [1.165, 1.54) is 12.8 Å². The van der Waals surface area contributed by atoms with Crippen LogP contribution in [0.1, 0.15) is 54.7 Å². The number of carbonyl (C=O) groups excluding carboxylic acids is 1. The van der Waals surface area contributed by atoms with Gasteiger partial charge in [-0.05, 0) is 37.3 Å². The summed E-state index contributed by atoms with van der Waals surface area (Å²) in [5, 5.41) is 8.64. The summed E-state index contributed by atoms with van der Waals surface area (Å²) in [6, 6.07) is 8.14. The number of nitrogens with zero attached hydrogens (tertiary/aromatic N) is 3. The summed E-state index contributed by atoms with van der Waals surface area (Å²) in [5.41, 5.74) is 2.17. The van der Waals surface area contributed by atoms with Crippen molar-refractivity contribution in [3.8, 4) is 0 Å². The van der Waals surface area contributed by atoms with Crippen LogP contribution in [0.2, 0.25) is 0 Å². The van der Waals surface area contributed by atoms with Crippen LogP contribution >= 0.6 is 0 Å². The van der Waals surface area contributed by atoms with E-state index in [1.807, 2.05) is 29.3 Å². The molecule has 2 N–H and O–H groups in total. The lowest BCUT2D eigenvalue weighted by atomic mass is 9.95. The van der Waals surface area contributed by atoms with Crippen molar-refractivity contribution in [3.05, 3.63) is 47.7 Å². The van der Waals surface area contributed by atoms with Gasteiger partial charge in [0.05, 0.1) is 6.42 Å². The van der Waals surface area contributed by atoms with Crippen molar-refractivity contribution in [1.29, 1.82) is 0 Å². The molecule has 6 nitrogen and oxygen atoms in total. The first-order valence-corrected chi connectivity index (χ1v) is 9.53. The molecule has 1 amide bonds. The van der Waals surface area contributed by atoms with Gasteiger partial charge in [0.25, 0.3) is 0 Å². The molecule has 0 bridgehead atoms. The standard InChI is InChI=1S/C20H23N5O/c26-18(11-15-12-21-17-4-2-1-3-16(15)17)25-9-7-14(8-10-25)20-22-19(23-24-20)13-5-6-13/h1-4,12-14,21H,5-11H2,(H,22,23,24). The minimum Gasteiger partial charge on any atom is -0.361 e. The molecule has 134 valence electrons. The molecule has 2 fully saturated rings. The molecular weight excluding hydrogens is 326 g/mol. The number of amides is 1. The van der Waals surface area contributed by atoms with Crippen molar-refractivity contribution in [2.45, 2.75) is 43.9 Å². The first-order valence-electron chi connectivity index (χ1n) is 9.53. The van der Waals surface area contributed by atoms with E-state index in [2.05, 4.69) is 26.2 Å². The van der Waals surface area contributed by atoms with Crippen molar-refractivity contribution in [2.24, 2.45) is 0 Å². The van der Waals surface area contributed by atoms with Gasteiger partial charge in [0, 0.05) is 42.0 Å². The third-order valence-corrected chi connectivity index (χ3v) is 5.71. The summed E-state index contributed by atoms with van der Waals surface area (Å²) >= 11 is 0. The third-order valence-electron chi connectivity index (χ3n) is 5.71. The van der Waals surface area contributed by atoms with Crippen LogP contribution in [-0.2, 0) is 11.2 Å². The number of aromatic amines is 2. The second-order valence-electron chi connectivity index (χ2n) is 7.54. The molecule has 3 aromatic rings. The lowest BCUT2D eigenvalue weighted by Crippen LogP contribution is -2.39. The molecule has 3 heterocycles. The SMILES string of the molecule is O=C(Cc1c[nH]c2ccccc12)N1CCC(c2nc(C3CC3)n[nH]2)CC1. The highest BCUT2D eigenvalue weighted by atomic mass is 16.2. The van der Waals surface area contributed by atoms with Gasteiger partial charge in [0.15, 0.2) is 5.82 Å². The summed E-state index contributed by atoms with van der Waals surface area (Å²) in [6.45, 7) is 1.59. The molecule has 2 aromatic heterocycles. The molecule has 0 atom stereocenters. The monoisotopic (exact) mass is 349 g/mol. The van der Waals surface area contributed by atoms with Crippen LogP contribution in [0.5, 0.6) is 0 Å². The van der Waals surface area contributed by atoms with Crippen molar-refractivity contribution in [3.63, 3.8) is 0 Å². The van der Waals surface area contributed by atoms with Gasteiger partial charge in [0.1, 0.15) is 5.82 Å². The van der Waals surface area contributed by atoms with Gasteiger partial charge >= 0.3 is 0 Å². The van der Waals surface area contributed by atoms with Crippen molar-refractivity contribution >= 4 is 16.8 Å². The highest BCUT2D eigenvalue weighted by molar-refractivity contribution is 5.88. The van der Waals surface area contributed by atoms with E-state index in [9.17, 15) is 4.79 Å². The van der Waals surface area contributed by atoms with Gasteiger partial charge in [-0.25, -0.2) is 4.98 Å². The van der Waals surface area contributed by atoms with Crippen LogP contribution in [0.25, 0.3) is 10.9 Å². The maximum atomic E-state index is 12.7. The number of fused-ring (bicyclic) bond motifs is 1. The minimum atomic E-state index is 0.212. The average Bonchev–Trinajstić information content (AvgIpc) is 3.28. The topological polar surface area (TPSA) is 77.7 Å². The molecule has 1 aromatic carbocycles. The zero-order valence-corrected chi connectivity index (χ0v) is 14.7. The maximum Gasteiger partial charge on any atom is 0.227 e. The van der Waals surface area contributed by atoms with Crippen LogP contribution < -0.4 is 0 Å². The van der Waals surface area contributed by atoms with E-state index in [-0.39, 0.29) is 5.91 Å². The molecule has 0 spiro atoms. The number of aromatic nitrogens is 4. The van der Waals surface area contributed by atoms with E-state index in [0.717, 1.165) is 54.0 Å². The second-order valence-corrected chi connectivity index (χ2v) is 7.54. The molecule has 2 aliphatic rings. The molecule has 1 saturated heterocycles. The minimum absolute atomic E-state index is 0.212. The summed E-state index contributed by atoms with van der Waals surface area (Å²) in [6.07, 6.45) is 6.78. The molecule has 1 aliphatic carbocycles. The Balaban J connectivity index is 1.21. The predicted molar refractivity (Wildman–Crippen MR) is 98.9 cm³/mol. The Morgan fingerprint density at radius 2 is 1.92 bits per heavy atom. The summed E-state index contributed by atoms with van der Waals surface area (Å²) in [4.78, 5) is 22.7. The quantitative estimate of drug-likeness (QED) is 0.760. The molecule has 26 heavy (non-hydrogen) atoms. The van der Waals surface area contributed by atoms with Crippen molar-refractivity contribution in [1.82, 2.24) is 25.1 Å². The van der Waals surface area contributed by atoms with Crippen molar-refractivity contribution < 1.29 is 4.79 Å². The lowest BCUT2D eigenvalue weighted by molar-refractivity contribution is -0.131.